The quantitative estimate of drug-likeness (QED) is 0.172. The van der Waals surface area contributed by atoms with Crippen molar-refractivity contribution >= 4 is 21.5 Å². The van der Waals surface area contributed by atoms with E-state index >= 15 is 0 Å². The van der Waals surface area contributed by atoms with Gasteiger partial charge in [-0.05, 0) is 89.3 Å². The maximum absolute atomic E-state index is 5.14. The van der Waals surface area contributed by atoms with Crippen LogP contribution in [0.5, 0.6) is 0 Å². The molecule has 0 aliphatic heterocycles. The van der Waals surface area contributed by atoms with Crippen LogP contribution in [0.25, 0.3) is 111 Å². The van der Waals surface area contributed by atoms with Crippen molar-refractivity contribution in [1.82, 2.24) is 9.97 Å². The molecule has 1 heterocycles. The molecule has 0 spiro atoms. The number of aromatic nitrogens is 2. The Hall–Kier alpha value is -7.42. The van der Waals surface area contributed by atoms with Crippen LogP contribution in [0.15, 0.2) is 206 Å². The van der Waals surface area contributed by atoms with Gasteiger partial charge in [0, 0.05) is 16.7 Å². The van der Waals surface area contributed by atoms with E-state index in [0.29, 0.717) is 5.82 Å². The minimum absolute atomic E-state index is 0.712. The van der Waals surface area contributed by atoms with Gasteiger partial charge in [-0.2, -0.15) is 0 Å². The average Bonchev–Trinajstić information content (AvgIpc) is 3.61. The average molecular weight is 711 g/mol. The highest BCUT2D eigenvalue weighted by molar-refractivity contribution is 6.18. The van der Waals surface area contributed by atoms with Crippen molar-refractivity contribution in [2.75, 3.05) is 0 Å². The lowest BCUT2D eigenvalue weighted by molar-refractivity contribution is 1.18. The summed E-state index contributed by atoms with van der Waals surface area (Å²) in [4.78, 5) is 10.2. The number of nitrogens with zero attached hydrogens (tertiary/aromatic N) is 2. The predicted octanol–water partition coefficient (Wildman–Crippen LogP) is 14.4. The molecule has 0 N–H and O–H groups in total. The topological polar surface area (TPSA) is 25.8 Å². The van der Waals surface area contributed by atoms with Crippen molar-refractivity contribution < 1.29 is 0 Å². The number of fused-ring (bicyclic) bond motifs is 4. The zero-order chi connectivity index (χ0) is 37.0. The summed E-state index contributed by atoms with van der Waals surface area (Å²) in [7, 11) is 0. The molecule has 1 aliphatic rings. The molecule has 2 heteroatoms. The van der Waals surface area contributed by atoms with E-state index in [-0.39, 0.29) is 0 Å². The van der Waals surface area contributed by atoms with Crippen molar-refractivity contribution in [2.45, 2.75) is 0 Å². The first-order valence-corrected chi connectivity index (χ1v) is 19.2. The van der Waals surface area contributed by atoms with Crippen molar-refractivity contribution in [3.63, 3.8) is 0 Å². The molecular weight excluding hydrogens is 677 g/mol. The molecule has 56 heavy (non-hydrogen) atoms. The summed E-state index contributed by atoms with van der Waals surface area (Å²) >= 11 is 0. The van der Waals surface area contributed by atoms with Gasteiger partial charge in [0.2, 0.25) is 0 Å². The lowest BCUT2D eigenvalue weighted by atomic mass is 9.88. The largest absolute Gasteiger partial charge is 0.228 e. The van der Waals surface area contributed by atoms with Gasteiger partial charge in [-0.3, -0.25) is 0 Å². The second-order valence-corrected chi connectivity index (χ2v) is 14.5. The molecule has 0 saturated carbocycles. The molecule has 0 bridgehead atoms. The zero-order valence-corrected chi connectivity index (χ0v) is 30.5. The van der Waals surface area contributed by atoms with Crippen LogP contribution in [0, 0.1) is 0 Å². The second-order valence-electron chi connectivity index (χ2n) is 14.5. The van der Waals surface area contributed by atoms with Crippen LogP contribution in [0.2, 0.25) is 0 Å². The summed E-state index contributed by atoms with van der Waals surface area (Å²) in [5.41, 5.74) is 17.4. The number of hydrogen-bond donors (Lipinski definition) is 0. The summed E-state index contributed by atoms with van der Waals surface area (Å²) in [6.07, 6.45) is 0. The minimum Gasteiger partial charge on any atom is -0.228 e. The smallest absolute Gasteiger partial charge is 0.160 e. The highest BCUT2D eigenvalue weighted by atomic mass is 14.9. The molecule has 0 radical (unpaired) electrons. The molecule has 1 aliphatic carbocycles. The third kappa shape index (κ3) is 5.34. The Bertz CT molecular complexity index is 3020. The fraction of sp³-hybridized carbons (Fsp3) is 0. The Labute approximate surface area is 326 Å². The standard InChI is InChI=1S/C54H34N2/c1-3-14-37(15-4-1)50-34-51(56-54(55-50)39-16-5-2-6-17-39)41-19-11-18-40(33-41)44-30-29-35-13-7-8-20-43(35)52(44)38-27-25-36(26-28-38)42-31-32-49-46-22-10-9-21-45(46)48-24-12-23-47(42)53(48)49/h1-34H. The first kappa shape index (κ1) is 32.0. The van der Waals surface area contributed by atoms with Gasteiger partial charge in [-0.1, -0.05) is 194 Å². The molecule has 260 valence electrons. The third-order valence-electron chi connectivity index (χ3n) is 11.3. The van der Waals surface area contributed by atoms with Gasteiger partial charge in [-0.15, -0.1) is 0 Å². The number of rotatable bonds is 6. The van der Waals surface area contributed by atoms with E-state index in [2.05, 4.69) is 182 Å². The highest BCUT2D eigenvalue weighted by Crippen LogP contribution is 2.49. The van der Waals surface area contributed by atoms with E-state index in [1.165, 1.54) is 71.6 Å². The SMILES string of the molecule is c1ccc(-c2cc(-c3cccc(-c4ccc5ccccc5c4-c4ccc(-c5ccc6c7c(cccc57)-c5ccccc5-6)cc4)c3)nc(-c3ccccc3)n2)cc1. The van der Waals surface area contributed by atoms with E-state index in [1.54, 1.807) is 0 Å². The predicted molar refractivity (Wildman–Crippen MR) is 234 cm³/mol. The molecule has 1 aromatic heterocycles. The maximum atomic E-state index is 5.14. The summed E-state index contributed by atoms with van der Waals surface area (Å²) in [6, 6.07) is 74.0. The fourth-order valence-electron chi connectivity index (χ4n) is 8.61. The van der Waals surface area contributed by atoms with Crippen LogP contribution in [0.3, 0.4) is 0 Å². The van der Waals surface area contributed by atoms with Gasteiger partial charge in [0.05, 0.1) is 11.4 Å². The Kier molecular flexibility index (Phi) is 7.53. The monoisotopic (exact) mass is 710 g/mol. The van der Waals surface area contributed by atoms with Gasteiger partial charge < -0.3 is 0 Å². The minimum atomic E-state index is 0.712. The molecule has 0 fully saturated rings. The molecule has 0 atom stereocenters. The maximum Gasteiger partial charge on any atom is 0.160 e. The Morgan fingerprint density at radius 3 is 1.59 bits per heavy atom. The van der Waals surface area contributed by atoms with E-state index < -0.39 is 0 Å². The molecule has 0 saturated heterocycles. The molecule has 10 aromatic rings. The lowest BCUT2D eigenvalue weighted by Gasteiger charge is -2.16. The highest BCUT2D eigenvalue weighted by Gasteiger charge is 2.22. The van der Waals surface area contributed by atoms with Crippen LogP contribution in [-0.4, -0.2) is 9.97 Å². The van der Waals surface area contributed by atoms with E-state index in [9.17, 15) is 0 Å². The lowest BCUT2D eigenvalue weighted by Crippen LogP contribution is -1.96. The molecule has 0 unspecified atom stereocenters. The van der Waals surface area contributed by atoms with Crippen LogP contribution in [0.1, 0.15) is 0 Å². The molecule has 2 nitrogen and oxygen atoms in total. The van der Waals surface area contributed by atoms with Gasteiger partial charge in [0.15, 0.2) is 5.82 Å². The van der Waals surface area contributed by atoms with Gasteiger partial charge >= 0.3 is 0 Å². The molecule has 11 rings (SSSR count). The molecule has 0 amide bonds. The van der Waals surface area contributed by atoms with E-state index in [4.69, 9.17) is 9.97 Å². The van der Waals surface area contributed by atoms with Gasteiger partial charge in [0.1, 0.15) is 0 Å². The Morgan fingerprint density at radius 1 is 0.268 bits per heavy atom. The number of hydrogen-bond acceptors (Lipinski definition) is 2. The Morgan fingerprint density at radius 2 is 0.804 bits per heavy atom. The normalized spacial score (nSPS) is 11.6. The first-order valence-electron chi connectivity index (χ1n) is 19.2. The third-order valence-corrected chi connectivity index (χ3v) is 11.3. The summed E-state index contributed by atoms with van der Waals surface area (Å²) in [6.45, 7) is 0. The van der Waals surface area contributed by atoms with Crippen molar-refractivity contribution in [1.29, 1.82) is 0 Å². The van der Waals surface area contributed by atoms with Crippen LogP contribution >= 0.6 is 0 Å². The first-order chi connectivity index (χ1) is 27.8. The van der Waals surface area contributed by atoms with Crippen LogP contribution in [0.4, 0.5) is 0 Å². The second kappa shape index (κ2) is 13.2. The zero-order valence-electron chi connectivity index (χ0n) is 30.5. The van der Waals surface area contributed by atoms with E-state index in [1.807, 2.05) is 24.3 Å². The van der Waals surface area contributed by atoms with Crippen LogP contribution < -0.4 is 0 Å². The number of benzene rings is 9. The molecular formula is C54H34N2. The van der Waals surface area contributed by atoms with Gasteiger partial charge in [0.25, 0.3) is 0 Å². The van der Waals surface area contributed by atoms with Crippen molar-refractivity contribution in [2.24, 2.45) is 0 Å². The van der Waals surface area contributed by atoms with Crippen molar-refractivity contribution in [3.05, 3.63) is 206 Å². The fourth-order valence-corrected chi connectivity index (χ4v) is 8.61. The van der Waals surface area contributed by atoms with Crippen LogP contribution in [-0.2, 0) is 0 Å². The summed E-state index contributed by atoms with van der Waals surface area (Å²) in [5.74, 6) is 0.712. The summed E-state index contributed by atoms with van der Waals surface area (Å²) in [5, 5.41) is 5.09. The van der Waals surface area contributed by atoms with Gasteiger partial charge in [-0.25, -0.2) is 9.97 Å². The summed E-state index contributed by atoms with van der Waals surface area (Å²) < 4.78 is 0. The Balaban J connectivity index is 1.03. The van der Waals surface area contributed by atoms with E-state index in [0.717, 1.165) is 33.6 Å². The molecule has 9 aromatic carbocycles. The van der Waals surface area contributed by atoms with Crippen molar-refractivity contribution in [3.8, 4) is 89.5 Å².